The number of hydrogen-bond donors (Lipinski definition) is 4. The number of carbonyl (C=O) groups is 2. The van der Waals surface area contributed by atoms with Crippen LogP contribution in [-0.2, 0) is 19.4 Å². The van der Waals surface area contributed by atoms with Gasteiger partial charge in [0.2, 0.25) is 0 Å². The van der Waals surface area contributed by atoms with Gasteiger partial charge in [-0.2, -0.15) is 36.9 Å². The second kappa shape index (κ2) is 12.9. The van der Waals surface area contributed by atoms with Gasteiger partial charge in [0, 0.05) is 29.8 Å². The lowest BCUT2D eigenvalue weighted by Crippen LogP contribution is -2.21. The fraction of sp³-hybridized carbons (Fsp3) is 0.115. The molecular weight excluding hydrogens is 652 g/mol. The summed E-state index contributed by atoms with van der Waals surface area (Å²) >= 11 is 0. The Hall–Kier alpha value is -6.02. The fourth-order valence-electron chi connectivity index (χ4n) is 3.68. The van der Waals surface area contributed by atoms with Crippen molar-refractivity contribution in [3.63, 3.8) is 0 Å². The zero-order valence-electron chi connectivity index (χ0n) is 22.6. The van der Waals surface area contributed by atoms with Crippen LogP contribution in [0.15, 0.2) is 53.8 Å². The zero-order valence-corrected chi connectivity index (χ0v) is 23.4. The van der Waals surface area contributed by atoms with Crippen molar-refractivity contribution in [1.29, 1.82) is 10.5 Å². The van der Waals surface area contributed by atoms with Gasteiger partial charge in [0.1, 0.15) is 17.3 Å². The fourth-order valence-corrected chi connectivity index (χ4v) is 4.34. The molecular formula is C26H15F6N7O6S. The van der Waals surface area contributed by atoms with Gasteiger partial charge in [-0.3, -0.25) is 4.98 Å². The lowest BCUT2D eigenvalue weighted by atomic mass is 10.0. The van der Waals surface area contributed by atoms with E-state index in [-0.39, 0.29) is 27.4 Å². The zero-order chi connectivity index (χ0) is 34.6. The van der Waals surface area contributed by atoms with Crippen LogP contribution in [-0.4, -0.2) is 69.1 Å². The maximum atomic E-state index is 12.0. The van der Waals surface area contributed by atoms with Crippen LogP contribution in [0.3, 0.4) is 0 Å². The first-order valence-corrected chi connectivity index (χ1v) is 13.7. The number of aliphatic carboxylic acids is 2. The molecule has 0 aliphatic carbocycles. The standard InChI is InChI=1S/C22H13N7O2S.2C2HF3O2/c1-32(30,31)14-7-12(9-23)18(13(8-14)10-24)22-28-19-15-4-6-25-11-17(15)27-21-16(20(19)29-22)3-2-5-26-21;2*3-2(4,5)1(6)7/h2-8,11H,1H3,(H,26,27)(H,28,29);2*(H,6,7). The van der Waals surface area contributed by atoms with Crippen molar-refractivity contribution < 1.29 is 54.6 Å². The minimum Gasteiger partial charge on any atom is -0.475 e. The smallest absolute Gasteiger partial charge is 0.475 e. The second-order valence-corrected chi connectivity index (χ2v) is 10.8. The summed E-state index contributed by atoms with van der Waals surface area (Å²) in [5.74, 6) is -4.64. The first-order valence-electron chi connectivity index (χ1n) is 11.8. The molecule has 0 bridgehead atoms. The van der Waals surface area contributed by atoms with Gasteiger partial charge in [0.15, 0.2) is 9.84 Å². The number of fused-ring (bicyclic) bond motifs is 5. The Morgan fingerprint density at radius 1 is 0.913 bits per heavy atom. The molecule has 0 radical (unpaired) electrons. The van der Waals surface area contributed by atoms with Gasteiger partial charge in [-0.25, -0.2) is 28.0 Å². The normalized spacial score (nSPS) is 11.6. The maximum Gasteiger partial charge on any atom is 0.490 e. The molecule has 1 aliphatic rings. The number of carboxylic acid groups (broad SMARTS) is 2. The number of halogens is 6. The quantitative estimate of drug-likeness (QED) is 0.189. The summed E-state index contributed by atoms with van der Waals surface area (Å²) in [6.45, 7) is 0. The molecule has 0 amide bonds. The number of carboxylic acids is 2. The highest BCUT2D eigenvalue weighted by molar-refractivity contribution is 7.90. The van der Waals surface area contributed by atoms with Gasteiger partial charge in [-0.15, -0.1) is 0 Å². The number of alkyl halides is 6. The number of hydrogen-bond acceptors (Lipinski definition) is 10. The van der Waals surface area contributed by atoms with E-state index in [1.807, 2.05) is 24.3 Å². The average Bonchev–Trinajstić information content (AvgIpc) is 3.35. The summed E-state index contributed by atoms with van der Waals surface area (Å²) in [5, 5.41) is 37.0. The van der Waals surface area contributed by atoms with Crippen molar-refractivity contribution in [1.82, 2.24) is 19.9 Å². The van der Waals surface area contributed by atoms with Crippen molar-refractivity contribution in [2.75, 3.05) is 11.6 Å². The van der Waals surface area contributed by atoms with Crippen LogP contribution in [0.5, 0.6) is 0 Å². The Morgan fingerprint density at radius 2 is 1.46 bits per heavy atom. The van der Waals surface area contributed by atoms with Crippen molar-refractivity contribution >= 4 is 33.3 Å². The van der Waals surface area contributed by atoms with Gasteiger partial charge in [0.05, 0.1) is 51.3 Å². The lowest BCUT2D eigenvalue weighted by molar-refractivity contribution is -0.193. The molecule has 13 nitrogen and oxygen atoms in total. The van der Waals surface area contributed by atoms with Crippen molar-refractivity contribution in [2.24, 2.45) is 0 Å². The number of nitriles is 2. The van der Waals surface area contributed by atoms with E-state index in [0.717, 1.165) is 23.1 Å². The van der Waals surface area contributed by atoms with Crippen LogP contribution in [0.4, 0.5) is 37.8 Å². The Balaban J connectivity index is 0.000000345. The van der Waals surface area contributed by atoms with Crippen LogP contribution < -0.4 is 5.32 Å². The SMILES string of the molecule is CS(=O)(=O)c1cc(C#N)c(-c2nc3c([nH]2)-c2ccncc2Nc2ncccc2-3)c(C#N)c1.O=C(O)C(F)(F)F.O=C(O)C(F)(F)F. The second-order valence-electron chi connectivity index (χ2n) is 8.75. The largest absolute Gasteiger partial charge is 0.490 e. The molecule has 20 heteroatoms. The number of rotatable bonds is 2. The number of nitrogens with one attached hydrogen (secondary N) is 2. The summed E-state index contributed by atoms with van der Waals surface area (Å²) in [5.41, 5.74) is 3.79. The molecule has 5 rings (SSSR count). The van der Waals surface area contributed by atoms with Crippen LogP contribution in [0.2, 0.25) is 0 Å². The number of sulfone groups is 1. The van der Waals surface area contributed by atoms with E-state index in [2.05, 4.69) is 20.3 Å². The van der Waals surface area contributed by atoms with Crippen LogP contribution in [0, 0.1) is 22.7 Å². The third kappa shape index (κ3) is 7.73. The van der Waals surface area contributed by atoms with Gasteiger partial charge >= 0.3 is 24.3 Å². The molecule has 0 atom stereocenters. The summed E-state index contributed by atoms with van der Waals surface area (Å²) < 4.78 is 87.5. The Labute approximate surface area is 253 Å². The average molecular weight is 668 g/mol. The van der Waals surface area contributed by atoms with Gasteiger partial charge in [0.25, 0.3) is 0 Å². The minimum atomic E-state index is -5.08. The summed E-state index contributed by atoms with van der Waals surface area (Å²) in [6.07, 6.45) is -4.16. The highest BCUT2D eigenvalue weighted by atomic mass is 32.2. The molecule has 1 aromatic carbocycles. The molecule has 0 saturated heterocycles. The molecule has 3 aromatic heterocycles. The summed E-state index contributed by atoms with van der Waals surface area (Å²) in [4.78, 5) is 34.2. The molecule has 4 heterocycles. The molecule has 46 heavy (non-hydrogen) atoms. The summed E-state index contributed by atoms with van der Waals surface area (Å²) in [7, 11) is -3.61. The predicted molar refractivity (Wildman–Crippen MR) is 144 cm³/mol. The maximum absolute atomic E-state index is 12.0. The third-order valence-electron chi connectivity index (χ3n) is 5.61. The number of anilines is 2. The molecule has 4 aromatic rings. The monoisotopic (exact) mass is 667 g/mol. The Morgan fingerprint density at radius 3 is 1.93 bits per heavy atom. The van der Waals surface area contributed by atoms with E-state index in [0.29, 0.717) is 17.2 Å². The molecule has 0 spiro atoms. The van der Waals surface area contributed by atoms with E-state index in [9.17, 15) is 45.3 Å². The molecule has 0 fully saturated rings. The third-order valence-corrected chi connectivity index (χ3v) is 6.70. The number of aromatic amines is 1. The van der Waals surface area contributed by atoms with Crippen LogP contribution >= 0.6 is 0 Å². The Kier molecular flexibility index (Phi) is 9.68. The number of imidazole rings is 1. The van der Waals surface area contributed by atoms with E-state index in [1.165, 1.54) is 12.1 Å². The Bertz CT molecular complexity index is 1910. The van der Waals surface area contributed by atoms with Crippen LogP contribution in [0.25, 0.3) is 33.9 Å². The predicted octanol–water partition coefficient (Wildman–Crippen LogP) is 4.67. The van der Waals surface area contributed by atoms with Gasteiger partial charge in [-0.1, -0.05) is 0 Å². The minimum absolute atomic E-state index is 0.0351. The number of H-pyrrole nitrogens is 1. The highest BCUT2D eigenvalue weighted by Crippen LogP contribution is 2.43. The topological polar surface area (TPSA) is 223 Å². The summed E-state index contributed by atoms with van der Waals surface area (Å²) in [6, 6.07) is 12.0. The van der Waals surface area contributed by atoms with E-state index in [4.69, 9.17) is 24.8 Å². The number of benzene rings is 1. The highest BCUT2D eigenvalue weighted by Gasteiger charge is 2.39. The van der Waals surface area contributed by atoms with E-state index < -0.39 is 34.1 Å². The molecule has 0 unspecified atom stereocenters. The molecule has 238 valence electrons. The van der Waals surface area contributed by atoms with Crippen LogP contribution in [0.1, 0.15) is 11.1 Å². The molecule has 1 aliphatic heterocycles. The first-order chi connectivity index (χ1) is 21.3. The number of pyridine rings is 2. The van der Waals surface area contributed by atoms with E-state index in [1.54, 1.807) is 24.7 Å². The van der Waals surface area contributed by atoms with Crippen molar-refractivity contribution in [3.05, 3.63) is 60.0 Å². The first kappa shape index (κ1) is 34.5. The molecule has 4 N–H and O–H groups in total. The van der Waals surface area contributed by atoms with E-state index >= 15 is 0 Å². The molecule has 0 saturated carbocycles. The van der Waals surface area contributed by atoms with Gasteiger partial charge in [-0.05, 0) is 30.3 Å². The van der Waals surface area contributed by atoms with Crippen molar-refractivity contribution in [2.45, 2.75) is 17.2 Å². The van der Waals surface area contributed by atoms with Gasteiger partial charge < -0.3 is 20.5 Å². The number of aromatic nitrogens is 4. The van der Waals surface area contributed by atoms with Crippen molar-refractivity contribution in [3.8, 4) is 46.0 Å². The number of nitrogens with zero attached hydrogens (tertiary/aromatic N) is 5. The lowest BCUT2D eigenvalue weighted by Gasteiger charge is -2.09.